The molecule has 128 valence electrons. The van der Waals surface area contributed by atoms with Crippen molar-refractivity contribution >= 4 is 17.5 Å². The number of imidazole rings is 1. The van der Waals surface area contributed by atoms with Crippen LogP contribution in [0.1, 0.15) is 34.9 Å². The summed E-state index contributed by atoms with van der Waals surface area (Å²) >= 11 is 5.99. The van der Waals surface area contributed by atoms with Crippen LogP contribution in [-0.2, 0) is 11.3 Å². The van der Waals surface area contributed by atoms with Crippen molar-refractivity contribution in [3.8, 4) is 0 Å². The Hall–Kier alpha value is -1.85. The summed E-state index contributed by atoms with van der Waals surface area (Å²) in [6.45, 7) is 2.98. The monoisotopic (exact) mass is 347 g/mol. The summed E-state index contributed by atoms with van der Waals surface area (Å²) in [7, 11) is 1.70. The lowest BCUT2D eigenvalue weighted by Crippen LogP contribution is -2.38. The number of carbonyl (C=O) groups excluding carboxylic acids is 1. The maximum absolute atomic E-state index is 12.6. The smallest absolute Gasteiger partial charge is 0.253 e. The van der Waals surface area contributed by atoms with Crippen molar-refractivity contribution in [3.63, 3.8) is 0 Å². The first-order chi connectivity index (χ1) is 11.7. The third-order valence-corrected chi connectivity index (χ3v) is 4.74. The van der Waals surface area contributed by atoms with Gasteiger partial charge in [-0.1, -0.05) is 17.7 Å². The van der Waals surface area contributed by atoms with E-state index in [1.807, 2.05) is 29.4 Å². The predicted molar refractivity (Wildman–Crippen MR) is 93.4 cm³/mol. The van der Waals surface area contributed by atoms with Gasteiger partial charge in [-0.05, 0) is 31.0 Å². The third-order valence-electron chi connectivity index (χ3n) is 4.50. The van der Waals surface area contributed by atoms with Crippen molar-refractivity contribution in [1.29, 1.82) is 0 Å². The second-order valence-electron chi connectivity index (χ2n) is 6.05. The van der Waals surface area contributed by atoms with Gasteiger partial charge in [-0.3, -0.25) is 4.79 Å². The molecule has 1 aromatic heterocycles. The number of piperidine rings is 1. The molecule has 2 aromatic rings. The van der Waals surface area contributed by atoms with Crippen LogP contribution >= 0.6 is 11.6 Å². The number of amides is 1. The lowest BCUT2D eigenvalue weighted by atomic mass is 9.95. The Balaban J connectivity index is 1.62. The first-order valence-electron chi connectivity index (χ1n) is 8.24. The first kappa shape index (κ1) is 17.0. The lowest BCUT2D eigenvalue weighted by molar-refractivity contribution is 0.0710. The maximum atomic E-state index is 12.6. The molecule has 3 rings (SSSR count). The van der Waals surface area contributed by atoms with E-state index in [-0.39, 0.29) is 5.91 Å². The predicted octanol–water partition coefficient (Wildman–Crippen LogP) is 3.20. The standard InChI is InChI=1S/C18H22ClN3O2/c1-24-12-11-21-10-7-20-17(21)14-5-8-22(9-6-14)18(23)15-3-2-4-16(19)13-15/h2-4,7,10,13-14H,5-6,8-9,11-12H2,1H3. The topological polar surface area (TPSA) is 47.4 Å². The van der Waals surface area contributed by atoms with E-state index in [9.17, 15) is 4.79 Å². The second-order valence-corrected chi connectivity index (χ2v) is 6.48. The van der Waals surface area contributed by atoms with E-state index in [2.05, 4.69) is 9.55 Å². The van der Waals surface area contributed by atoms with Gasteiger partial charge in [0.05, 0.1) is 6.61 Å². The number of hydrogen-bond acceptors (Lipinski definition) is 3. The van der Waals surface area contributed by atoms with Crippen molar-refractivity contribution in [2.45, 2.75) is 25.3 Å². The van der Waals surface area contributed by atoms with Crippen LogP contribution in [0.3, 0.4) is 0 Å². The minimum Gasteiger partial charge on any atom is -0.383 e. The Morgan fingerprint density at radius 1 is 1.38 bits per heavy atom. The van der Waals surface area contributed by atoms with Crippen LogP contribution < -0.4 is 0 Å². The SMILES string of the molecule is COCCn1ccnc1C1CCN(C(=O)c2cccc(Cl)c2)CC1. The first-order valence-corrected chi connectivity index (χ1v) is 8.61. The summed E-state index contributed by atoms with van der Waals surface area (Å²) in [6.07, 6.45) is 5.69. The molecular weight excluding hydrogens is 326 g/mol. The molecule has 0 saturated carbocycles. The molecular formula is C18H22ClN3O2. The van der Waals surface area contributed by atoms with E-state index in [1.54, 1.807) is 19.2 Å². The number of likely N-dealkylation sites (tertiary alicyclic amines) is 1. The summed E-state index contributed by atoms with van der Waals surface area (Å²) in [5, 5.41) is 0.593. The summed E-state index contributed by atoms with van der Waals surface area (Å²) in [5.41, 5.74) is 0.655. The number of benzene rings is 1. The normalized spacial score (nSPS) is 15.7. The third kappa shape index (κ3) is 3.79. The largest absolute Gasteiger partial charge is 0.383 e. The number of hydrogen-bond donors (Lipinski definition) is 0. The summed E-state index contributed by atoms with van der Waals surface area (Å²) in [5.74, 6) is 1.54. The average molecular weight is 348 g/mol. The molecule has 1 aliphatic heterocycles. The van der Waals surface area contributed by atoms with Gasteiger partial charge in [0.2, 0.25) is 0 Å². The number of rotatable bonds is 5. The van der Waals surface area contributed by atoms with Gasteiger partial charge in [-0.2, -0.15) is 0 Å². The Kier molecular flexibility index (Phi) is 5.53. The van der Waals surface area contributed by atoms with Crippen molar-refractivity contribution in [2.75, 3.05) is 26.8 Å². The van der Waals surface area contributed by atoms with E-state index in [1.165, 1.54) is 0 Å². The molecule has 0 unspecified atom stereocenters. The van der Waals surface area contributed by atoms with E-state index < -0.39 is 0 Å². The van der Waals surface area contributed by atoms with Crippen LogP contribution in [0.4, 0.5) is 0 Å². The highest BCUT2D eigenvalue weighted by molar-refractivity contribution is 6.30. The molecule has 0 spiro atoms. The fourth-order valence-corrected chi connectivity index (χ4v) is 3.39. The van der Waals surface area contributed by atoms with E-state index in [0.29, 0.717) is 23.1 Å². The zero-order valence-corrected chi connectivity index (χ0v) is 14.6. The van der Waals surface area contributed by atoms with Crippen LogP contribution in [0, 0.1) is 0 Å². The van der Waals surface area contributed by atoms with Gasteiger partial charge in [0.25, 0.3) is 5.91 Å². The highest BCUT2D eigenvalue weighted by Crippen LogP contribution is 2.28. The van der Waals surface area contributed by atoms with Crippen molar-refractivity contribution in [2.24, 2.45) is 0 Å². The zero-order chi connectivity index (χ0) is 16.9. The van der Waals surface area contributed by atoms with E-state index >= 15 is 0 Å². The average Bonchev–Trinajstić information content (AvgIpc) is 3.08. The Morgan fingerprint density at radius 2 is 2.17 bits per heavy atom. The molecule has 1 fully saturated rings. The van der Waals surface area contributed by atoms with Crippen molar-refractivity contribution in [3.05, 3.63) is 53.1 Å². The Bertz CT molecular complexity index is 693. The molecule has 1 aromatic carbocycles. The maximum Gasteiger partial charge on any atom is 0.253 e. The number of aromatic nitrogens is 2. The highest BCUT2D eigenvalue weighted by atomic mass is 35.5. The summed E-state index contributed by atoms with van der Waals surface area (Å²) < 4.78 is 7.31. The van der Waals surface area contributed by atoms with Crippen LogP contribution in [-0.4, -0.2) is 47.2 Å². The molecule has 24 heavy (non-hydrogen) atoms. The minimum absolute atomic E-state index is 0.0543. The molecule has 6 heteroatoms. The minimum atomic E-state index is 0.0543. The van der Waals surface area contributed by atoms with Gasteiger partial charge < -0.3 is 14.2 Å². The summed E-state index contributed by atoms with van der Waals surface area (Å²) in [6, 6.07) is 7.14. The Morgan fingerprint density at radius 3 is 2.88 bits per heavy atom. The molecule has 0 N–H and O–H groups in total. The lowest BCUT2D eigenvalue weighted by Gasteiger charge is -2.32. The molecule has 0 aliphatic carbocycles. The fraction of sp³-hybridized carbons (Fsp3) is 0.444. The van der Waals surface area contributed by atoms with E-state index in [4.69, 9.17) is 16.3 Å². The molecule has 5 nitrogen and oxygen atoms in total. The van der Waals surface area contributed by atoms with E-state index in [0.717, 1.165) is 38.3 Å². The molecule has 0 bridgehead atoms. The van der Waals surface area contributed by atoms with Gasteiger partial charge in [-0.25, -0.2) is 4.98 Å². The van der Waals surface area contributed by atoms with Gasteiger partial charge in [0, 0.05) is 55.6 Å². The molecule has 1 amide bonds. The molecule has 1 saturated heterocycles. The highest BCUT2D eigenvalue weighted by Gasteiger charge is 2.26. The number of methoxy groups -OCH3 is 1. The number of ether oxygens (including phenoxy) is 1. The number of halogens is 1. The summed E-state index contributed by atoms with van der Waals surface area (Å²) in [4.78, 5) is 19.0. The van der Waals surface area contributed by atoms with Gasteiger partial charge in [0.1, 0.15) is 5.82 Å². The zero-order valence-electron chi connectivity index (χ0n) is 13.8. The van der Waals surface area contributed by atoms with Crippen LogP contribution in [0.15, 0.2) is 36.7 Å². The van der Waals surface area contributed by atoms with Crippen LogP contribution in [0.5, 0.6) is 0 Å². The molecule has 2 heterocycles. The number of carbonyl (C=O) groups is 1. The quantitative estimate of drug-likeness (QED) is 0.834. The van der Waals surface area contributed by atoms with Crippen LogP contribution in [0.25, 0.3) is 0 Å². The molecule has 0 radical (unpaired) electrons. The molecule has 0 atom stereocenters. The van der Waals surface area contributed by atoms with Gasteiger partial charge in [-0.15, -0.1) is 0 Å². The molecule has 1 aliphatic rings. The van der Waals surface area contributed by atoms with Gasteiger partial charge >= 0.3 is 0 Å². The van der Waals surface area contributed by atoms with Crippen molar-refractivity contribution < 1.29 is 9.53 Å². The second kappa shape index (κ2) is 7.81. The number of nitrogens with zero attached hydrogens (tertiary/aromatic N) is 3. The van der Waals surface area contributed by atoms with Gasteiger partial charge in [0.15, 0.2) is 0 Å². The van der Waals surface area contributed by atoms with Crippen molar-refractivity contribution in [1.82, 2.24) is 14.5 Å². The van der Waals surface area contributed by atoms with Crippen LogP contribution in [0.2, 0.25) is 5.02 Å². The fourth-order valence-electron chi connectivity index (χ4n) is 3.20. The Labute approximate surface area is 147 Å².